The molecule has 1 saturated heterocycles. The van der Waals surface area contributed by atoms with Crippen molar-refractivity contribution < 1.29 is 9.42 Å². The van der Waals surface area contributed by atoms with E-state index in [9.17, 15) is 4.79 Å². The van der Waals surface area contributed by atoms with Gasteiger partial charge in [0.15, 0.2) is 0 Å². The Labute approximate surface area is 174 Å². The third kappa shape index (κ3) is 2.57. The second-order valence-corrected chi connectivity index (χ2v) is 8.14. The Balaban J connectivity index is 1.28. The number of rotatable bonds is 2. The van der Waals surface area contributed by atoms with Crippen molar-refractivity contribution in [3.8, 4) is 11.1 Å². The van der Waals surface area contributed by atoms with Gasteiger partial charge < -0.3 is 4.90 Å². The molecule has 2 N–H and O–H groups in total. The average Bonchev–Trinajstić information content (AvgIpc) is 3.39. The summed E-state index contributed by atoms with van der Waals surface area (Å²) < 4.78 is 1.75. The lowest BCUT2D eigenvalue weighted by atomic mass is 9.83. The molecule has 2 aromatic heterocycles. The molecule has 2 aliphatic heterocycles. The number of nitrogens with zero attached hydrogens (tertiary/aromatic N) is 3. The van der Waals surface area contributed by atoms with Crippen LogP contribution >= 0.6 is 0 Å². The number of nitrogens with one attached hydrogen (secondary N) is 2. The maximum atomic E-state index is 13.4. The molecule has 1 atom stereocenters. The number of benzene rings is 2. The molecule has 30 heavy (non-hydrogen) atoms. The summed E-state index contributed by atoms with van der Waals surface area (Å²) in [6.45, 7) is 1.49. The SMILES string of the molecule is O=C1N(c2ccc(-c3ccn[n+]4[nH]ccc34)cc2)CCC12Cc1ccccc1CN2. The summed E-state index contributed by atoms with van der Waals surface area (Å²) in [6.07, 6.45) is 5.24. The Bertz CT molecular complexity index is 1260. The van der Waals surface area contributed by atoms with Gasteiger partial charge in [-0.3, -0.25) is 10.1 Å². The molecule has 148 valence electrons. The Morgan fingerprint density at radius 1 is 1.00 bits per heavy atom. The van der Waals surface area contributed by atoms with Gasteiger partial charge in [-0.2, -0.15) is 0 Å². The normalized spacial score (nSPS) is 20.8. The van der Waals surface area contributed by atoms with E-state index in [4.69, 9.17) is 0 Å². The summed E-state index contributed by atoms with van der Waals surface area (Å²) in [6, 6.07) is 20.7. The Morgan fingerprint density at radius 2 is 1.83 bits per heavy atom. The molecule has 4 heterocycles. The molecule has 6 rings (SSSR count). The summed E-state index contributed by atoms with van der Waals surface area (Å²) in [5.74, 6) is 0.178. The van der Waals surface area contributed by atoms with Gasteiger partial charge in [-0.25, -0.2) is 0 Å². The molecular weight excluding hydrogens is 374 g/mol. The highest BCUT2D eigenvalue weighted by Crippen LogP contribution is 2.35. The second-order valence-electron chi connectivity index (χ2n) is 8.14. The fourth-order valence-corrected chi connectivity index (χ4v) is 4.85. The predicted molar refractivity (Wildman–Crippen MR) is 114 cm³/mol. The van der Waals surface area contributed by atoms with E-state index in [2.05, 4.69) is 51.9 Å². The largest absolute Gasteiger partial charge is 0.311 e. The summed E-state index contributed by atoms with van der Waals surface area (Å²) in [5, 5.41) is 10.9. The van der Waals surface area contributed by atoms with Crippen molar-refractivity contribution in [3.05, 3.63) is 84.2 Å². The van der Waals surface area contributed by atoms with E-state index in [1.165, 1.54) is 11.1 Å². The second kappa shape index (κ2) is 6.50. The van der Waals surface area contributed by atoms with Crippen LogP contribution in [0.15, 0.2) is 73.1 Å². The molecule has 2 aromatic carbocycles. The van der Waals surface area contributed by atoms with Crippen LogP contribution in [-0.4, -0.2) is 28.2 Å². The van der Waals surface area contributed by atoms with Gasteiger partial charge in [-0.05, 0) is 41.3 Å². The number of hydrogen-bond donors (Lipinski definition) is 2. The number of carbonyl (C=O) groups excluding carboxylic acids is 1. The van der Waals surface area contributed by atoms with Crippen molar-refractivity contribution >= 4 is 17.1 Å². The zero-order valence-corrected chi connectivity index (χ0v) is 16.5. The molecule has 1 fully saturated rings. The van der Waals surface area contributed by atoms with Crippen molar-refractivity contribution in [1.29, 1.82) is 0 Å². The van der Waals surface area contributed by atoms with Gasteiger partial charge in [0.25, 0.3) is 5.52 Å². The fraction of sp³-hybridized carbons (Fsp3) is 0.208. The molecule has 6 nitrogen and oxygen atoms in total. The van der Waals surface area contributed by atoms with Gasteiger partial charge in [0.05, 0.1) is 18.0 Å². The molecule has 0 aliphatic carbocycles. The monoisotopic (exact) mass is 396 g/mol. The number of fused-ring (bicyclic) bond motifs is 2. The van der Waals surface area contributed by atoms with E-state index < -0.39 is 5.54 Å². The fourth-order valence-electron chi connectivity index (χ4n) is 4.85. The zero-order valence-electron chi connectivity index (χ0n) is 16.5. The maximum Gasteiger partial charge on any atom is 0.275 e. The van der Waals surface area contributed by atoms with Gasteiger partial charge >= 0.3 is 0 Å². The lowest BCUT2D eigenvalue weighted by Gasteiger charge is -2.34. The van der Waals surface area contributed by atoms with Crippen LogP contribution in [0, 0.1) is 0 Å². The number of aromatic amines is 1. The minimum absolute atomic E-state index is 0.178. The molecular formula is C24H22N5O+. The van der Waals surface area contributed by atoms with Crippen LogP contribution in [0.4, 0.5) is 5.69 Å². The standard InChI is InChI=1S/C24H21N5O/c30-23-24(15-18-3-1-2-4-19(18)16-25-24)11-14-28(23)20-7-5-17(6-8-20)21-9-12-26-29-22(21)10-13-27-29/h1-10,12-13,25H,11,14-16H2/p+1. The van der Waals surface area contributed by atoms with Gasteiger partial charge in [-0.1, -0.05) is 36.4 Å². The number of carbonyl (C=O) groups is 1. The van der Waals surface area contributed by atoms with Crippen LogP contribution in [0.3, 0.4) is 0 Å². The molecule has 0 radical (unpaired) electrons. The number of aromatic nitrogens is 3. The van der Waals surface area contributed by atoms with Crippen LogP contribution in [-0.2, 0) is 17.8 Å². The van der Waals surface area contributed by atoms with Gasteiger partial charge in [0, 0.05) is 41.0 Å². The number of anilines is 1. The van der Waals surface area contributed by atoms with E-state index in [1.807, 2.05) is 35.4 Å². The van der Waals surface area contributed by atoms with Crippen molar-refractivity contribution in [1.82, 2.24) is 15.5 Å². The highest BCUT2D eigenvalue weighted by Gasteiger charge is 2.48. The molecule has 6 heteroatoms. The van der Waals surface area contributed by atoms with Gasteiger partial charge in [-0.15, -0.1) is 5.10 Å². The highest BCUT2D eigenvalue weighted by molar-refractivity contribution is 6.03. The number of hydrogen-bond acceptors (Lipinski definition) is 3. The van der Waals surface area contributed by atoms with E-state index >= 15 is 0 Å². The molecule has 2 aliphatic rings. The quantitative estimate of drug-likeness (QED) is 0.512. The highest BCUT2D eigenvalue weighted by atomic mass is 16.2. The molecule has 1 unspecified atom stereocenters. The van der Waals surface area contributed by atoms with Crippen LogP contribution in [0.5, 0.6) is 0 Å². The Morgan fingerprint density at radius 3 is 2.70 bits per heavy atom. The molecule has 4 aromatic rings. The summed E-state index contributed by atoms with van der Waals surface area (Å²) in [4.78, 5) is 15.4. The summed E-state index contributed by atoms with van der Waals surface area (Å²) in [7, 11) is 0. The first-order valence-electron chi connectivity index (χ1n) is 10.3. The Hall–Kier alpha value is -3.51. The van der Waals surface area contributed by atoms with E-state index in [1.54, 1.807) is 10.8 Å². The minimum atomic E-state index is -0.480. The van der Waals surface area contributed by atoms with Gasteiger partial charge in [0.1, 0.15) is 5.54 Å². The summed E-state index contributed by atoms with van der Waals surface area (Å²) >= 11 is 0. The van der Waals surface area contributed by atoms with Gasteiger partial charge in [0.2, 0.25) is 5.91 Å². The lowest BCUT2D eigenvalue weighted by molar-refractivity contribution is -0.640. The zero-order chi connectivity index (χ0) is 20.1. The van der Waals surface area contributed by atoms with Crippen LogP contribution in [0.2, 0.25) is 0 Å². The number of amides is 1. The van der Waals surface area contributed by atoms with Crippen LogP contribution in [0.1, 0.15) is 17.5 Å². The molecule has 0 bridgehead atoms. The molecule has 0 saturated carbocycles. The van der Waals surface area contributed by atoms with Crippen LogP contribution < -0.4 is 14.8 Å². The third-order valence-electron chi connectivity index (χ3n) is 6.50. The van der Waals surface area contributed by atoms with Crippen LogP contribution in [0.25, 0.3) is 16.6 Å². The minimum Gasteiger partial charge on any atom is -0.311 e. The Kier molecular flexibility index (Phi) is 3.76. The van der Waals surface area contributed by atoms with E-state index in [0.29, 0.717) is 0 Å². The number of H-pyrrole nitrogens is 1. The molecule has 1 spiro atoms. The van der Waals surface area contributed by atoms with Crippen molar-refractivity contribution in [3.63, 3.8) is 0 Å². The predicted octanol–water partition coefficient (Wildman–Crippen LogP) is 2.64. The smallest absolute Gasteiger partial charge is 0.275 e. The van der Waals surface area contributed by atoms with Crippen molar-refractivity contribution in [2.45, 2.75) is 24.9 Å². The average molecular weight is 396 g/mol. The third-order valence-corrected chi connectivity index (χ3v) is 6.50. The summed E-state index contributed by atoms with van der Waals surface area (Å²) in [5.41, 5.74) is 6.28. The lowest BCUT2D eigenvalue weighted by Crippen LogP contribution is -2.55. The topological polar surface area (TPSA) is 65.1 Å². The first-order chi connectivity index (χ1) is 14.7. The first-order valence-corrected chi connectivity index (χ1v) is 10.3. The van der Waals surface area contributed by atoms with E-state index in [0.717, 1.165) is 48.3 Å². The van der Waals surface area contributed by atoms with E-state index in [-0.39, 0.29) is 5.91 Å². The van der Waals surface area contributed by atoms with Crippen molar-refractivity contribution in [2.24, 2.45) is 0 Å². The maximum absolute atomic E-state index is 13.4. The van der Waals surface area contributed by atoms with Crippen molar-refractivity contribution in [2.75, 3.05) is 11.4 Å². The molecule has 1 amide bonds. The first kappa shape index (κ1) is 17.4.